The van der Waals surface area contributed by atoms with Gasteiger partial charge in [0.15, 0.2) is 0 Å². The largest absolute Gasteiger partial charge is 0.296 e. The first-order valence-corrected chi connectivity index (χ1v) is 3.95. The molecule has 0 saturated carbocycles. The van der Waals surface area contributed by atoms with Gasteiger partial charge in [-0.15, -0.1) is 0 Å². The van der Waals surface area contributed by atoms with Crippen LogP contribution in [0, 0.1) is 11.8 Å². The van der Waals surface area contributed by atoms with Crippen molar-refractivity contribution in [3.8, 4) is 0 Å². The Morgan fingerprint density at radius 2 is 2.09 bits per heavy atom. The molecule has 0 aromatic rings. The minimum atomic E-state index is -0.132. The Bertz CT molecular complexity index is 187. The number of carbonyl (C=O) groups is 2. The molecule has 0 radical (unpaired) electrons. The molecular weight excluding hydrogens is 142 g/mol. The Morgan fingerprint density at radius 3 is 2.55 bits per heavy atom. The summed E-state index contributed by atoms with van der Waals surface area (Å²) in [5.41, 5.74) is 0. The predicted molar refractivity (Wildman–Crippen MR) is 40.7 cm³/mol. The van der Waals surface area contributed by atoms with E-state index in [2.05, 4.69) is 5.32 Å². The number of amides is 2. The van der Waals surface area contributed by atoms with E-state index in [1.807, 2.05) is 13.8 Å². The molecule has 0 aromatic carbocycles. The van der Waals surface area contributed by atoms with E-state index in [-0.39, 0.29) is 17.7 Å². The smallest absolute Gasteiger partial charge is 0.229 e. The molecule has 2 amide bonds. The van der Waals surface area contributed by atoms with E-state index >= 15 is 0 Å². The van der Waals surface area contributed by atoms with Crippen LogP contribution in [0.2, 0.25) is 0 Å². The molecular formula is C8H13NO2. The third-order valence-electron chi connectivity index (χ3n) is 2.09. The first-order valence-electron chi connectivity index (χ1n) is 3.95. The van der Waals surface area contributed by atoms with Crippen LogP contribution in [0.25, 0.3) is 0 Å². The van der Waals surface area contributed by atoms with Gasteiger partial charge in [0.1, 0.15) is 0 Å². The van der Waals surface area contributed by atoms with Crippen LogP contribution >= 0.6 is 0 Å². The van der Waals surface area contributed by atoms with E-state index in [0.717, 1.165) is 0 Å². The summed E-state index contributed by atoms with van der Waals surface area (Å²) >= 11 is 0. The average molecular weight is 155 g/mol. The number of piperidine rings is 1. The van der Waals surface area contributed by atoms with E-state index in [4.69, 9.17) is 0 Å². The summed E-state index contributed by atoms with van der Waals surface area (Å²) in [6.45, 7) is 4.00. The lowest BCUT2D eigenvalue weighted by Crippen LogP contribution is -2.42. The molecule has 1 saturated heterocycles. The average Bonchev–Trinajstić information content (AvgIpc) is 1.85. The highest BCUT2D eigenvalue weighted by Crippen LogP contribution is 2.20. The zero-order valence-electron chi connectivity index (χ0n) is 6.89. The maximum absolute atomic E-state index is 11.1. The minimum Gasteiger partial charge on any atom is -0.296 e. The summed E-state index contributed by atoms with van der Waals surface area (Å²) in [5, 5.41) is 2.33. The first kappa shape index (κ1) is 8.24. The molecule has 1 N–H and O–H groups in total. The second-order valence-corrected chi connectivity index (χ2v) is 3.30. The molecule has 1 heterocycles. The normalized spacial score (nSPS) is 25.5. The lowest BCUT2D eigenvalue weighted by atomic mass is 9.88. The Hall–Kier alpha value is -0.860. The summed E-state index contributed by atoms with van der Waals surface area (Å²) in [7, 11) is 0. The Kier molecular flexibility index (Phi) is 2.27. The van der Waals surface area contributed by atoms with E-state index in [1.54, 1.807) is 0 Å². The molecule has 1 atom stereocenters. The quantitative estimate of drug-likeness (QED) is 0.566. The van der Waals surface area contributed by atoms with Crippen LogP contribution < -0.4 is 5.32 Å². The lowest BCUT2D eigenvalue weighted by molar-refractivity contribution is -0.137. The minimum absolute atomic E-state index is 0.0349. The molecule has 1 rings (SSSR count). The topological polar surface area (TPSA) is 46.2 Å². The van der Waals surface area contributed by atoms with E-state index in [0.29, 0.717) is 18.8 Å². The van der Waals surface area contributed by atoms with Crippen molar-refractivity contribution in [3.63, 3.8) is 0 Å². The fourth-order valence-corrected chi connectivity index (χ4v) is 1.35. The predicted octanol–water partition coefficient (Wildman–Crippen LogP) is 0.695. The van der Waals surface area contributed by atoms with Crippen LogP contribution in [0.4, 0.5) is 0 Å². The van der Waals surface area contributed by atoms with E-state index in [1.165, 1.54) is 0 Å². The van der Waals surface area contributed by atoms with Crippen LogP contribution in [-0.4, -0.2) is 11.8 Å². The van der Waals surface area contributed by atoms with Crippen molar-refractivity contribution < 1.29 is 9.59 Å². The molecule has 0 aromatic heterocycles. The Labute approximate surface area is 66.2 Å². The summed E-state index contributed by atoms with van der Waals surface area (Å²) in [4.78, 5) is 21.8. The summed E-state index contributed by atoms with van der Waals surface area (Å²) in [6, 6.07) is 0. The number of hydrogen-bond donors (Lipinski definition) is 1. The van der Waals surface area contributed by atoms with Gasteiger partial charge < -0.3 is 0 Å². The molecule has 0 unspecified atom stereocenters. The van der Waals surface area contributed by atoms with Gasteiger partial charge >= 0.3 is 0 Å². The van der Waals surface area contributed by atoms with Crippen molar-refractivity contribution >= 4 is 11.8 Å². The second kappa shape index (κ2) is 3.03. The van der Waals surface area contributed by atoms with Gasteiger partial charge in [0.05, 0.1) is 0 Å². The number of imide groups is 1. The van der Waals surface area contributed by atoms with Crippen LogP contribution in [-0.2, 0) is 9.59 Å². The molecule has 62 valence electrons. The van der Waals surface area contributed by atoms with Gasteiger partial charge in [-0.05, 0) is 12.3 Å². The number of rotatable bonds is 1. The maximum atomic E-state index is 11.1. The zero-order valence-corrected chi connectivity index (χ0v) is 6.89. The van der Waals surface area contributed by atoms with Gasteiger partial charge in [0.25, 0.3) is 0 Å². The van der Waals surface area contributed by atoms with Crippen molar-refractivity contribution in [2.24, 2.45) is 11.8 Å². The van der Waals surface area contributed by atoms with Gasteiger partial charge in [-0.1, -0.05) is 13.8 Å². The summed E-state index contributed by atoms with van der Waals surface area (Å²) in [6.07, 6.45) is 1.21. The summed E-state index contributed by atoms with van der Waals surface area (Å²) in [5.74, 6) is 0.138. The van der Waals surface area contributed by atoms with Crippen LogP contribution in [0.15, 0.2) is 0 Å². The van der Waals surface area contributed by atoms with Gasteiger partial charge in [-0.25, -0.2) is 0 Å². The van der Waals surface area contributed by atoms with Crippen molar-refractivity contribution in [1.82, 2.24) is 5.32 Å². The molecule has 3 heteroatoms. The summed E-state index contributed by atoms with van der Waals surface area (Å²) < 4.78 is 0. The molecule has 1 aliphatic rings. The molecule has 11 heavy (non-hydrogen) atoms. The van der Waals surface area contributed by atoms with Crippen LogP contribution in [0.5, 0.6) is 0 Å². The van der Waals surface area contributed by atoms with Gasteiger partial charge in [-0.2, -0.15) is 0 Å². The van der Waals surface area contributed by atoms with E-state index < -0.39 is 0 Å². The zero-order chi connectivity index (χ0) is 8.43. The van der Waals surface area contributed by atoms with Crippen LogP contribution in [0.3, 0.4) is 0 Å². The van der Waals surface area contributed by atoms with Crippen molar-refractivity contribution in [1.29, 1.82) is 0 Å². The molecule has 1 aliphatic heterocycles. The van der Waals surface area contributed by atoms with Gasteiger partial charge in [0.2, 0.25) is 11.8 Å². The third-order valence-corrected chi connectivity index (χ3v) is 2.09. The van der Waals surface area contributed by atoms with E-state index in [9.17, 15) is 9.59 Å². The van der Waals surface area contributed by atoms with Crippen molar-refractivity contribution in [2.45, 2.75) is 26.7 Å². The lowest BCUT2D eigenvalue weighted by Gasteiger charge is -2.23. The van der Waals surface area contributed by atoms with Gasteiger partial charge in [-0.3, -0.25) is 14.9 Å². The highest BCUT2D eigenvalue weighted by molar-refractivity contribution is 5.98. The fraction of sp³-hybridized carbons (Fsp3) is 0.750. The first-order chi connectivity index (χ1) is 5.11. The SMILES string of the molecule is CC(C)[C@H]1CCC(=O)NC1=O. The fourth-order valence-electron chi connectivity index (χ4n) is 1.35. The monoisotopic (exact) mass is 155 g/mol. The number of carbonyl (C=O) groups excluding carboxylic acids is 2. The molecule has 0 bridgehead atoms. The van der Waals surface area contributed by atoms with Crippen molar-refractivity contribution in [2.75, 3.05) is 0 Å². The molecule has 1 fully saturated rings. The maximum Gasteiger partial charge on any atom is 0.229 e. The number of nitrogens with one attached hydrogen (secondary N) is 1. The molecule has 0 spiro atoms. The molecule has 3 nitrogen and oxygen atoms in total. The Balaban J connectivity index is 2.57. The van der Waals surface area contributed by atoms with Crippen LogP contribution in [0.1, 0.15) is 26.7 Å². The highest BCUT2D eigenvalue weighted by Gasteiger charge is 2.28. The third kappa shape index (κ3) is 1.79. The van der Waals surface area contributed by atoms with Gasteiger partial charge in [0, 0.05) is 12.3 Å². The highest BCUT2D eigenvalue weighted by atomic mass is 16.2. The second-order valence-electron chi connectivity index (χ2n) is 3.30. The van der Waals surface area contributed by atoms with Crippen molar-refractivity contribution in [3.05, 3.63) is 0 Å². The standard InChI is InChI=1S/C8H13NO2/c1-5(2)6-3-4-7(10)9-8(6)11/h5-6H,3-4H2,1-2H3,(H,9,10,11)/t6-/m1/s1. The number of hydrogen-bond acceptors (Lipinski definition) is 2. The Morgan fingerprint density at radius 1 is 1.45 bits per heavy atom. The molecule has 0 aliphatic carbocycles.